The number of methoxy groups -OCH3 is 1. The molecule has 0 saturated carbocycles. The summed E-state index contributed by atoms with van der Waals surface area (Å²) in [4.78, 5) is 2.13. The molecule has 0 saturated heterocycles. The fourth-order valence-electron chi connectivity index (χ4n) is 2.01. The highest BCUT2D eigenvalue weighted by Crippen LogP contribution is 2.28. The third-order valence-corrected chi connectivity index (χ3v) is 3.59. The Kier molecular flexibility index (Phi) is 4.33. The Morgan fingerprint density at radius 1 is 1.11 bits per heavy atom. The molecule has 0 aromatic heterocycles. The van der Waals surface area contributed by atoms with Gasteiger partial charge in [0.25, 0.3) is 0 Å². The summed E-state index contributed by atoms with van der Waals surface area (Å²) in [7, 11) is 3.72. The largest absolute Gasteiger partial charge is 0.497 e. The summed E-state index contributed by atoms with van der Waals surface area (Å²) in [5.74, 6) is 1.41. The van der Waals surface area contributed by atoms with Crippen LogP contribution in [0.25, 0.3) is 0 Å². The van der Waals surface area contributed by atoms with Crippen LogP contribution in [0.3, 0.4) is 0 Å². The van der Waals surface area contributed by atoms with Crippen molar-refractivity contribution in [2.75, 3.05) is 19.1 Å². The van der Waals surface area contributed by atoms with Gasteiger partial charge in [-0.1, -0.05) is 12.1 Å². The summed E-state index contributed by atoms with van der Waals surface area (Å²) in [6, 6.07) is 14.3. The second-order valence-corrected chi connectivity index (χ2v) is 4.77. The highest BCUT2D eigenvalue weighted by atomic mass is 35.5. The molecule has 0 aliphatic heterocycles. The number of nitrogens with zero attached hydrogens (tertiary/aromatic N) is 1. The van der Waals surface area contributed by atoms with E-state index in [1.807, 2.05) is 25.2 Å². The second kappa shape index (κ2) is 5.98. The molecule has 2 aromatic rings. The molecule has 2 rings (SSSR count). The first-order valence-electron chi connectivity index (χ1n) is 6.19. The smallest absolute Gasteiger partial charge is 0.120 e. The van der Waals surface area contributed by atoms with E-state index in [1.165, 1.54) is 11.1 Å². The van der Waals surface area contributed by atoms with Crippen LogP contribution < -0.4 is 9.64 Å². The Morgan fingerprint density at radius 2 is 1.84 bits per heavy atom. The van der Waals surface area contributed by atoms with Crippen LogP contribution in [0.4, 0.5) is 11.4 Å². The maximum Gasteiger partial charge on any atom is 0.120 e. The van der Waals surface area contributed by atoms with Crippen molar-refractivity contribution in [2.24, 2.45) is 0 Å². The fraction of sp³-hybridized carbons (Fsp3) is 0.250. The standard InChI is InChI=1S/C16H18ClNO/c1-12-9-15(8-7-13(12)11-17)18(2)14-5-4-6-16(10-14)19-3/h4-10H,11H2,1-3H3. The molecule has 0 bridgehead atoms. The predicted octanol–water partition coefficient (Wildman–Crippen LogP) is 4.51. The van der Waals surface area contributed by atoms with Crippen molar-refractivity contribution in [1.29, 1.82) is 0 Å². The first-order valence-corrected chi connectivity index (χ1v) is 6.72. The summed E-state index contributed by atoms with van der Waals surface area (Å²) >= 11 is 5.89. The second-order valence-electron chi connectivity index (χ2n) is 4.50. The van der Waals surface area contributed by atoms with Crippen LogP contribution in [0, 0.1) is 6.92 Å². The molecule has 19 heavy (non-hydrogen) atoms. The SMILES string of the molecule is COc1cccc(N(C)c2ccc(CCl)c(C)c2)c1. The van der Waals surface area contributed by atoms with E-state index >= 15 is 0 Å². The Hall–Kier alpha value is -1.67. The zero-order chi connectivity index (χ0) is 13.8. The summed E-state index contributed by atoms with van der Waals surface area (Å²) in [6.45, 7) is 2.08. The van der Waals surface area contributed by atoms with Gasteiger partial charge in [0.05, 0.1) is 7.11 Å². The average Bonchev–Trinajstić information content (AvgIpc) is 2.46. The highest BCUT2D eigenvalue weighted by Gasteiger charge is 2.06. The molecule has 0 radical (unpaired) electrons. The van der Waals surface area contributed by atoms with E-state index in [9.17, 15) is 0 Å². The van der Waals surface area contributed by atoms with Gasteiger partial charge in [0.2, 0.25) is 0 Å². The Labute approximate surface area is 119 Å². The maximum absolute atomic E-state index is 5.89. The van der Waals surface area contributed by atoms with Gasteiger partial charge < -0.3 is 9.64 Å². The molecule has 0 N–H and O–H groups in total. The molecule has 0 heterocycles. The lowest BCUT2D eigenvalue weighted by Gasteiger charge is -2.21. The minimum atomic E-state index is 0.551. The van der Waals surface area contributed by atoms with Gasteiger partial charge >= 0.3 is 0 Å². The van der Waals surface area contributed by atoms with Gasteiger partial charge in [0, 0.05) is 30.4 Å². The van der Waals surface area contributed by atoms with E-state index in [0.29, 0.717) is 5.88 Å². The van der Waals surface area contributed by atoms with Gasteiger partial charge in [-0.3, -0.25) is 0 Å². The van der Waals surface area contributed by atoms with Crippen molar-refractivity contribution in [3.05, 3.63) is 53.6 Å². The monoisotopic (exact) mass is 275 g/mol. The normalized spacial score (nSPS) is 10.3. The van der Waals surface area contributed by atoms with Gasteiger partial charge in [0.15, 0.2) is 0 Å². The van der Waals surface area contributed by atoms with Crippen LogP contribution in [0.1, 0.15) is 11.1 Å². The lowest BCUT2D eigenvalue weighted by atomic mass is 10.1. The summed E-state index contributed by atoms with van der Waals surface area (Å²) in [5, 5.41) is 0. The van der Waals surface area contributed by atoms with Crippen molar-refractivity contribution in [1.82, 2.24) is 0 Å². The van der Waals surface area contributed by atoms with Crippen molar-refractivity contribution in [2.45, 2.75) is 12.8 Å². The number of ether oxygens (including phenoxy) is 1. The zero-order valence-electron chi connectivity index (χ0n) is 11.5. The van der Waals surface area contributed by atoms with Crippen LogP contribution >= 0.6 is 11.6 Å². The van der Waals surface area contributed by atoms with Crippen molar-refractivity contribution in [3.8, 4) is 5.75 Å². The number of rotatable bonds is 4. The Morgan fingerprint density at radius 3 is 2.47 bits per heavy atom. The number of hydrogen-bond acceptors (Lipinski definition) is 2. The minimum absolute atomic E-state index is 0.551. The van der Waals surface area contributed by atoms with E-state index < -0.39 is 0 Å². The first kappa shape index (κ1) is 13.8. The van der Waals surface area contributed by atoms with Crippen LogP contribution in [0.5, 0.6) is 5.75 Å². The molecular weight excluding hydrogens is 258 g/mol. The van der Waals surface area contributed by atoms with Gasteiger partial charge in [0.1, 0.15) is 5.75 Å². The van der Waals surface area contributed by atoms with E-state index in [1.54, 1.807) is 7.11 Å². The molecule has 2 aromatic carbocycles. The number of hydrogen-bond donors (Lipinski definition) is 0. The summed E-state index contributed by atoms with van der Waals surface area (Å²) in [5.41, 5.74) is 4.61. The third kappa shape index (κ3) is 3.02. The van der Waals surface area contributed by atoms with Crippen LogP contribution in [-0.4, -0.2) is 14.2 Å². The molecule has 0 unspecified atom stereocenters. The molecular formula is C16H18ClNO. The van der Waals surface area contributed by atoms with Gasteiger partial charge in [-0.25, -0.2) is 0 Å². The number of anilines is 2. The molecule has 0 atom stereocenters. The zero-order valence-corrected chi connectivity index (χ0v) is 12.2. The highest BCUT2D eigenvalue weighted by molar-refractivity contribution is 6.17. The number of aryl methyl sites for hydroxylation is 1. The maximum atomic E-state index is 5.89. The quantitative estimate of drug-likeness (QED) is 0.761. The van der Waals surface area contributed by atoms with E-state index in [0.717, 1.165) is 17.1 Å². The Balaban J connectivity index is 2.32. The molecule has 0 spiro atoms. The fourth-order valence-corrected chi connectivity index (χ4v) is 2.31. The molecule has 0 fully saturated rings. The van der Waals surface area contributed by atoms with Crippen LogP contribution in [0.2, 0.25) is 0 Å². The van der Waals surface area contributed by atoms with Crippen molar-refractivity contribution < 1.29 is 4.74 Å². The van der Waals surface area contributed by atoms with Crippen LogP contribution in [-0.2, 0) is 5.88 Å². The lowest BCUT2D eigenvalue weighted by molar-refractivity contribution is 0.415. The van der Waals surface area contributed by atoms with Gasteiger partial charge in [-0.2, -0.15) is 0 Å². The van der Waals surface area contributed by atoms with E-state index in [2.05, 4.69) is 36.1 Å². The first-order chi connectivity index (χ1) is 9.15. The third-order valence-electron chi connectivity index (χ3n) is 3.30. The molecule has 3 heteroatoms. The number of benzene rings is 2. The molecule has 0 amide bonds. The minimum Gasteiger partial charge on any atom is -0.497 e. The average molecular weight is 276 g/mol. The van der Waals surface area contributed by atoms with Crippen molar-refractivity contribution in [3.63, 3.8) is 0 Å². The van der Waals surface area contributed by atoms with Gasteiger partial charge in [-0.15, -0.1) is 11.6 Å². The molecule has 100 valence electrons. The summed E-state index contributed by atoms with van der Waals surface area (Å²) < 4.78 is 5.26. The number of alkyl halides is 1. The van der Waals surface area contributed by atoms with Crippen molar-refractivity contribution >= 4 is 23.0 Å². The topological polar surface area (TPSA) is 12.5 Å². The van der Waals surface area contributed by atoms with Gasteiger partial charge in [-0.05, 0) is 42.3 Å². The molecule has 0 aliphatic carbocycles. The van der Waals surface area contributed by atoms with E-state index in [4.69, 9.17) is 16.3 Å². The van der Waals surface area contributed by atoms with Crippen LogP contribution in [0.15, 0.2) is 42.5 Å². The lowest BCUT2D eigenvalue weighted by Crippen LogP contribution is -2.09. The number of halogens is 1. The summed E-state index contributed by atoms with van der Waals surface area (Å²) in [6.07, 6.45) is 0. The predicted molar refractivity (Wildman–Crippen MR) is 81.8 cm³/mol. The molecule has 0 aliphatic rings. The Bertz CT molecular complexity index is 568. The van der Waals surface area contributed by atoms with E-state index in [-0.39, 0.29) is 0 Å². The molecule has 2 nitrogen and oxygen atoms in total.